The Bertz CT molecular complexity index is 294. The van der Waals surface area contributed by atoms with Gasteiger partial charge in [-0.05, 0) is 48.9 Å². The molecule has 0 aromatic rings. The molecule has 3 N–H and O–H groups in total. The van der Waals surface area contributed by atoms with Crippen LogP contribution in [0.2, 0.25) is 0 Å². The number of rotatable bonds is 3. The van der Waals surface area contributed by atoms with Crippen LogP contribution in [0.3, 0.4) is 0 Å². The van der Waals surface area contributed by atoms with Crippen LogP contribution in [0.1, 0.15) is 52.4 Å². The zero-order valence-corrected chi connectivity index (χ0v) is 10.3. The van der Waals surface area contributed by atoms with Gasteiger partial charge >= 0.3 is 5.97 Å². The van der Waals surface area contributed by atoms with Crippen LogP contribution in [0.25, 0.3) is 0 Å². The van der Waals surface area contributed by atoms with Crippen molar-refractivity contribution < 1.29 is 9.90 Å². The van der Waals surface area contributed by atoms with E-state index in [2.05, 4.69) is 13.8 Å². The number of hydrogen-bond acceptors (Lipinski definition) is 2. The Morgan fingerprint density at radius 3 is 2.44 bits per heavy atom. The highest BCUT2D eigenvalue weighted by Gasteiger charge is 2.57. The summed E-state index contributed by atoms with van der Waals surface area (Å²) in [5, 5.41) is 9.09. The Morgan fingerprint density at radius 1 is 1.38 bits per heavy atom. The second-order valence-electron chi connectivity index (χ2n) is 6.51. The molecule has 2 unspecified atom stereocenters. The van der Waals surface area contributed by atoms with Crippen molar-refractivity contribution in [1.29, 1.82) is 0 Å². The first-order valence-corrected chi connectivity index (χ1v) is 6.36. The van der Waals surface area contributed by atoms with E-state index in [1.807, 2.05) is 0 Å². The lowest BCUT2D eigenvalue weighted by molar-refractivity contribution is -0.141. The molecular weight excluding hydrogens is 202 g/mol. The topological polar surface area (TPSA) is 63.3 Å². The van der Waals surface area contributed by atoms with E-state index in [-0.39, 0.29) is 5.41 Å². The number of aliphatic carboxylic acids is 1. The fourth-order valence-electron chi connectivity index (χ4n) is 3.55. The largest absolute Gasteiger partial charge is 0.480 e. The van der Waals surface area contributed by atoms with E-state index in [0.717, 1.165) is 19.3 Å². The second kappa shape index (κ2) is 3.73. The summed E-state index contributed by atoms with van der Waals surface area (Å²) in [6.07, 6.45) is 6.84. The lowest BCUT2D eigenvalue weighted by Crippen LogP contribution is -2.45. The highest BCUT2D eigenvalue weighted by molar-refractivity contribution is 5.75. The average Bonchev–Trinajstić information content (AvgIpc) is 2.95. The van der Waals surface area contributed by atoms with E-state index in [1.54, 1.807) is 0 Å². The van der Waals surface area contributed by atoms with Gasteiger partial charge in [0.05, 0.1) is 0 Å². The molecule has 0 heterocycles. The number of carboxylic acid groups (broad SMARTS) is 1. The van der Waals surface area contributed by atoms with Crippen LogP contribution < -0.4 is 5.73 Å². The molecule has 92 valence electrons. The Balaban J connectivity index is 2.09. The quantitative estimate of drug-likeness (QED) is 0.775. The van der Waals surface area contributed by atoms with Gasteiger partial charge in [0.1, 0.15) is 6.04 Å². The number of hydrogen-bond donors (Lipinski definition) is 2. The zero-order valence-electron chi connectivity index (χ0n) is 10.3. The van der Waals surface area contributed by atoms with Crippen LogP contribution in [0.4, 0.5) is 0 Å². The van der Waals surface area contributed by atoms with Gasteiger partial charge in [-0.15, -0.1) is 0 Å². The first-order valence-electron chi connectivity index (χ1n) is 6.36. The Hall–Kier alpha value is -0.570. The predicted octanol–water partition coefficient (Wildman–Crippen LogP) is 2.39. The normalized spacial score (nSPS) is 33.1. The third-order valence-electron chi connectivity index (χ3n) is 4.73. The molecule has 3 nitrogen and oxygen atoms in total. The van der Waals surface area contributed by atoms with Gasteiger partial charge in [-0.25, -0.2) is 0 Å². The summed E-state index contributed by atoms with van der Waals surface area (Å²) in [4.78, 5) is 11.1. The first-order chi connectivity index (χ1) is 7.37. The van der Waals surface area contributed by atoms with E-state index in [0.29, 0.717) is 11.3 Å². The van der Waals surface area contributed by atoms with Crippen molar-refractivity contribution in [2.45, 2.75) is 58.4 Å². The molecule has 0 bridgehead atoms. The summed E-state index contributed by atoms with van der Waals surface area (Å²) in [5.74, 6) is -0.289. The van der Waals surface area contributed by atoms with E-state index in [1.165, 1.54) is 19.3 Å². The fourth-order valence-corrected chi connectivity index (χ4v) is 3.55. The van der Waals surface area contributed by atoms with E-state index in [9.17, 15) is 4.79 Å². The van der Waals surface area contributed by atoms with Crippen molar-refractivity contribution in [3.63, 3.8) is 0 Å². The molecule has 2 saturated carbocycles. The molecule has 0 spiro atoms. The Kier molecular flexibility index (Phi) is 2.77. The highest BCUT2D eigenvalue weighted by atomic mass is 16.4. The third-order valence-corrected chi connectivity index (χ3v) is 4.73. The van der Waals surface area contributed by atoms with Gasteiger partial charge in [-0.1, -0.05) is 20.3 Å². The molecule has 16 heavy (non-hydrogen) atoms. The summed E-state index contributed by atoms with van der Waals surface area (Å²) < 4.78 is 0. The fraction of sp³-hybridized carbons (Fsp3) is 0.923. The van der Waals surface area contributed by atoms with E-state index < -0.39 is 12.0 Å². The van der Waals surface area contributed by atoms with Crippen LogP contribution in [0.15, 0.2) is 0 Å². The molecule has 0 radical (unpaired) electrons. The molecule has 0 amide bonds. The van der Waals surface area contributed by atoms with Gasteiger partial charge in [0.25, 0.3) is 0 Å². The minimum absolute atomic E-state index is 0.0659. The number of carbonyl (C=O) groups is 1. The lowest BCUT2D eigenvalue weighted by atomic mass is 9.65. The maximum Gasteiger partial charge on any atom is 0.321 e. The molecule has 2 fully saturated rings. The molecule has 2 rings (SSSR count). The average molecular weight is 225 g/mol. The Morgan fingerprint density at radius 2 is 2.00 bits per heavy atom. The first kappa shape index (κ1) is 11.9. The molecule has 3 heteroatoms. The van der Waals surface area contributed by atoms with Crippen LogP contribution in [0.5, 0.6) is 0 Å². The van der Waals surface area contributed by atoms with Crippen molar-refractivity contribution in [3.8, 4) is 0 Å². The molecule has 0 aromatic heterocycles. The molecule has 0 aliphatic heterocycles. The minimum Gasteiger partial charge on any atom is -0.480 e. The maximum atomic E-state index is 11.1. The van der Waals surface area contributed by atoms with Gasteiger partial charge in [0.15, 0.2) is 0 Å². The van der Waals surface area contributed by atoms with Crippen LogP contribution in [0, 0.1) is 16.7 Å². The number of carboxylic acids is 1. The Labute approximate surface area is 97.4 Å². The monoisotopic (exact) mass is 225 g/mol. The van der Waals surface area contributed by atoms with Crippen LogP contribution in [-0.2, 0) is 4.79 Å². The number of nitrogens with two attached hydrogens (primary N) is 1. The van der Waals surface area contributed by atoms with Crippen LogP contribution in [-0.4, -0.2) is 17.1 Å². The van der Waals surface area contributed by atoms with Crippen molar-refractivity contribution >= 4 is 5.97 Å². The van der Waals surface area contributed by atoms with Gasteiger partial charge in [0, 0.05) is 0 Å². The summed E-state index contributed by atoms with van der Waals surface area (Å²) in [6.45, 7) is 4.59. The zero-order chi connectivity index (χ0) is 12.0. The van der Waals surface area contributed by atoms with Gasteiger partial charge in [-0.3, -0.25) is 4.79 Å². The SMILES string of the molecule is CC1(C)CCCC(C2(C(N)C(=O)O)CC2)C1. The van der Waals surface area contributed by atoms with E-state index in [4.69, 9.17) is 10.8 Å². The van der Waals surface area contributed by atoms with E-state index >= 15 is 0 Å². The highest BCUT2D eigenvalue weighted by Crippen LogP contribution is 2.60. The molecule has 2 atom stereocenters. The summed E-state index contributed by atoms with van der Waals surface area (Å²) >= 11 is 0. The van der Waals surface area contributed by atoms with Crippen molar-refractivity contribution in [3.05, 3.63) is 0 Å². The summed E-state index contributed by atoms with van der Waals surface area (Å²) in [6, 6.07) is -0.647. The van der Waals surface area contributed by atoms with Crippen LogP contribution >= 0.6 is 0 Å². The predicted molar refractivity (Wildman–Crippen MR) is 63.0 cm³/mol. The van der Waals surface area contributed by atoms with Crippen molar-refractivity contribution in [1.82, 2.24) is 0 Å². The van der Waals surface area contributed by atoms with Crippen molar-refractivity contribution in [2.75, 3.05) is 0 Å². The van der Waals surface area contributed by atoms with Gasteiger partial charge in [-0.2, -0.15) is 0 Å². The molecular formula is C13H23NO2. The van der Waals surface area contributed by atoms with Crippen molar-refractivity contribution in [2.24, 2.45) is 22.5 Å². The summed E-state index contributed by atoms with van der Waals surface area (Å²) in [5.41, 5.74) is 6.18. The molecule has 0 aromatic carbocycles. The summed E-state index contributed by atoms with van der Waals surface area (Å²) in [7, 11) is 0. The lowest BCUT2D eigenvalue weighted by Gasteiger charge is -2.40. The second-order valence-corrected chi connectivity index (χ2v) is 6.51. The van der Waals surface area contributed by atoms with Gasteiger partial charge in [0.2, 0.25) is 0 Å². The third kappa shape index (κ3) is 1.97. The molecule has 0 saturated heterocycles. The smallest absolute Gasteiger partial charge is 0.321 e. The molecule has 2 aliphatic rings. The van der Waals surface area contributed by atoms with Gasteiger partial charge < -0.3 is 10.8 Å². The minimum atomic E-state index is -0.819. The maximum absolute atomic E-state index is 11.1. The standard InChI is InChI=1S/C13H23NO2/c1-12(2)5-3-4-9(8-12)13(6-7-13)10(14)11(15)16/h9-10H,3-8,14H2,1-2H3,(H,15,16). The molecule has 2 aliphatic carbocycles.